The lowest BCUT2D eigenvalue weighted by molar-refractivity contribution is -0.881. The Morgan fingerprint density at radius 3 is 2.36 bits per heavy atom. The van der Waals surface area contributed by atoms with Crippen molar-refractivity contribution in [3.05, 3.63) is 47.3 Å². The van der Waals surface area contributed by atoms with E-state index >= 15 is 0 Å². The van der Waals surface area contributed by atoms with E-state index in [1.54, 1.807) is 31.4 Å². The van der Waals surface area contributed by atoms with E-state index in [9.17, 15) is 9.59 Å². The van der Waals surface area contributed by atoms with Crippen molar-refractivity contribution in [2.45, 2.75) is 40.7 Å². The van der Waals surface area contributed by atoms with Gasteiger partial charge >= 0.3 is 0 Å². The Morgan fingerprint density at radius 1 is 1.11 bits per heavy atom. The summed E-state index contributed by atoms with van der Waals surface area (Å²) in [6.07, 6.45) is 1.03. The van der Waals surface area contributed by atoms with Crippen LogP contribution in [-0.2, 0) is 11.3 Å². The molecule has 152 valence electrons. The zero-order valence-electron chi connectivity index (χ0n) is 17.6. The number of nitrogens with one attached hydrogen (secondary N) is 2. The lowest BCUT2D eigenvalue weighted by Crippen LogP contribution is -3.13. The number of ether oxygens (including phenoxy) is 1. The highest BCUT2D eigenvalue weighted by atomic mass is 16.5. The number of aryl methyl sites for hydroxylation is 1. The van der Waals surface area contributed by atoms with E-state index in [1.165, 1.54) is 0 Å². The molecule has 0 aliphatic rings. The molecule has 1 heterocycles. The molecule has 0 aliphatic carbocycles. The third-order valence-corrected chi connectivity index (χ3v) is 5.02. The van der Waals surface area contributed by atoms with Crippen LogP contribution in [0.25, 0.3) is 0 Å². The van der Waals surface area contributed by atoms with Gasteiger partial charge in [0.1, 0.15) is 12.3 Å². The molecule has 1 atom stereocenters. The first-order chi connectivity index (χ1) is 13.4. The molecule has 6 nitrogen and oxygen atoms in total. The number of rotatable bonds is 10. The molecule has 0 aliphatic heterocycles. The Morgan fingerprint density at radius 2 is 1.79 bits per heavy atom. The number of Topliss-reactive ketones (excluding diaryl/α,β-unsaturated/α-hetero) is 1. The summed E-state index contributed by atoms with van der Waals surface area (Å²) in [7, 11) is 1.60. The number of carbonyl (C=O) groups excluding carboxylic acids is 2. The van der Waals surface area contributed by atoms with Crippen molar-refractivity contribution in [1.29, 1.82) is 0 Å². The summed E-state index contributed by atoms with van der Waals surface area (Å²) >= 11 is 0. The molecule has 0 saturated carbocycles. The van der Waals surface area contributed by atoms with Gasteiger partial charge in [0.05, 0.1) is 13.7 Å². The average Bonchev–Trinajstić information content (AvgIpc) is 2.96. The van der Waals surface area contributed by atoms with Crippen LogP contribution < -0.4 is 15.0 Å². The maximum atomic E-state index is 12.8. The van der Waals surface area contributed by atoms with Crippen LogP contribution in [-0.4, -0.2) is 43.0 Å². The van der Waals surface area contributed by atoms with E-state index in [-0.39, 0.29) is 18.2 Å². The summed E-state index contributed by atoms with van der Waals surface area (Å²) in [4.78, 5) is 26.2. The Labute approximate surface area is 167 Å². The van der Waals surface area contributed by atoms with E-state index in [0.29, 0.717) is 13.1 Å². The lowest BCUT2D eigenvalue weighted by atomic mass is 10.1. The first-order valence-electron chi connectivity index (χ1n) is 9.86. The number of amides is 1. The average molecular weight is 387 g/mol. The second-order valence-corrected chi connectivity index (χ2v) is 7.09. The topological polar surface area (TPSA) is 64.8 Å². The zero-order valence-corrected chi connectivity index (χ0v) is 17.6. The molecular formula is C22H32N3O3+. The van der Waals surface area contributed by atoms with E-state index in [4.69, 9.17) is 4.74 Å². The van der Waals surface area contributed by atoms with Gasteiger partial charge in [0.25, 0.3) is 5.91 Å². The van der Waals surface area contributed by atoms with E-state index in [2.05, 4.69) is 16.8 Å². The van der Waals surface area contributed by atoms with Gasteiger partial charge in [-0.05, 0) is 57.5 Å². The van der Waals surface area contributed by atoms with Crippen LogP contribution in [0.1, 0.15) is 42.0 Å². The summed E-state index contributed by atoms with van der Waals surface area (Å²) < 4.78 is 7.31. The number of benzene rings is 1. The summed E-state index contributed by atoms with van der Waals surface area (Å²) in [5, 5.41) is 2.88. The van der Waals surface area contributed by atoms with Crippen LogP contribution in [0.5, 0.6) is 5.75 Å². The van der Waals surface area contributed by atoms with Gasteiger partial charge in [-0.15, -0.1) is 0 Å². The number of ketones is 1. The fraction of sp³-hybridized carbons (Fsp3) is 0.455. The molecular weight excluding hydrogens is 354 g/mol. The second kappa shape index (κ2) is 10.1. The van der Waals surface area contributed by atoms with Gasteiger partial charge in [-0.2, -0.15) is 0 Å². The second-order valence-electron chi connectivity index (χ2n) is 7.09. The fourth-order valence-corrected chi connectivity index (χ4v) is 3.39. The normalized spacial score (nSPS) is 11.9. The van der Waals surface area contributed by atoms with Crippen LogP contribution in [0.4, 0.5) is 5.69 Å². The number of anilines is 1. The predicted octanol–water partition coefficient (Wildman–Crippen LogP) is 2.25. The van der Waals surface area contributed by atoms with Crippen molar-refractivity contribution < 1.29 is 19.2 Å². The molecule has 0 radical (unpaired) electrons. The van der Waals surface area contributed by atoms with Crippen molar-refractivity contribution in [3.8, 4) is 5.75 Å². The molecule has 0 bridgehead atoms. The Bertz CT molecular complexity index is 809. The molecule has 2 rings (SSSR count). The molecule has 1 aromatic heterocycles. The highest BCUT2D eigenvalue weighted by molar-refractivity contribution is 5.98. The van der Waals surface area contributed by atoms with Crippen LogP contribution in [0.15, 0.2) is 30.3 Å². The summed E-state index contributed by atoms with van der Waals surface area (Å²) in [5.74, 6) is 0.723. The first-order valence-corrected chi connectivity index (χ1v) is 9.86. The molecule has 1 amide bonds. The van der Waals surface area contributed by atoms with Gasteiger partial charge < -0.3 is 19.5 Å². The minimum absolute atomic E-state index is 0.0875. The monoisotopic (exact) mass is 386 g/mol. The van der Waals surface area contributed by atoms with Gasteiger partial charge in [-0.3, -0.25) is 9.59 Å². The molecule has 1 aromatic carbocycles. The Kier molecular flexibility index (Phi) is 7.81. The molecule has 0 saturated heterocycles. The number of likely N-dealkylation sites (N-methyl/N-ethyl adjacent to an activating group) is 1. The summed E-state index contributed by atoms with van der Waals surface area (Å²) in [6, 6.07) is 9.18. The largest absolute Gasteiger partial charge is 0.497 e. The number of hydrogen-bond donors (Lipinski definition) is 2. The number of carbonyl (C=O) groups is 2. The van der Waals surface area contributed by atoms with Crippen LogP contribution in [0.2, 0.25) is 0 Å². The quantitative estimate of drug-likeness (QED) is 0.616. The van der Waals surface area contributed by atoms with Gasteiger partial charge in [-0.25, -0.2) is 0 Å². The summed E-state index contributed by atoms with van der Waals surface area (Å²) in [5.41, 5.74) is 3.61. The lowest BCUT2D eigenvalue weighted by Gasteiger charge is -2.17. The highest BCUT2D eigenvalue weighted by Crippen LogP contribution is 2.16. The molecule has 28 heavy (non-hydrogen) atoms. The zero-order chi connectivity index (χ0) is 20.7. The molecule has 2 N–H and O–H groups in total. The predicted molar refractivity (Wildman–Crippen MR) is 111 cm³/mol. The Hall–Kier alpha value is -2.60. The van der Waals surface area contributed by atoms with Crippen molar-refractivity contribution in [3.63, 3.8) is 0 Å². The Balaban J connectivity index is 1.98. The van der Waals surface area contributed by atoms with E-state index < -0.39 is 0 Å². The SMILES string of the molecule is CCCn1c(C)cc(C(=O)C[NH+](CC)CC(=O)Nc2ccc(OC)cc2)c1C. The first kappa shape index (κ1) is 21.7. The van der Waals surface area contributed by atoms with Crippen molar-refractivity contribution in [2.75, 3.05) is 32.1 Å². The standard InChI is InChI=1S/C22H31N3O3/c1-6-12-25-16(3)13-20(17(25)4)21(26)14-24(7-2)15-22(27)23-18-8-10-19(28-5)11-9-18/h8-11,13H,6-7,12,14-15H2,1-5H3,(H,23,27)/p+1. The van der Waals surface area contributed by atoms with Crippen molar-refractivity contribution >= 4 is 17.4 Å². The van der Waals surface area contributed by atoms with Gasteiger partial charge in [0.2, 0.25) is 5.78 Å². The third-order valence-electron chi connectivity index (χ3n) is 5.02. The number of methoxy groups -OCH3 is 1. The minimum Gasteiger partial charge on any atom is -0.497 e. The van der Waals surface area contributed by atoms with Crippen molar-refractivity contribution in [1.82, 2.24) is 4.57 Å². The number of nitrogens with zero attached hydrogens (tertiary/aromatic N) is 1. The molecule has 1 unspecified atom stereocenters. The van der Waals surface area contributed by atoms with Crippen LogP contribution >= 0.6 is 0 Å². The smallest absolute Gasteiger partial charge is 0.279 e. The number of quaternary nitrogens is 1. The molecule has 0 fully saturated rings. The fourth-order valence-electron chi connectivity index (χ4n) is 3.39. The maximum Gasteiger partial charge on any atom is 0.279 e. The number of hydrogen-bond acceptors (Lipinski definition) is 3. The van der Waals surface area contributed by atoms with Crippen LogP contribution in [0.3, 0.4) is 0 Å². The maximum absolute atomic E-state index is 12.8. The van der Waals surface area contributed by atoms with Gasteiger partial charge in [0.15, 0.2) is 6.54 Å². The van der Waals surface area contributed by atoms with Crippen molar-refractivity contribution in [2.24, 2.45) is 0 Å². The number of aromatic nitrogens is 1. The van der Waals surface area contributed by atoms with Crippen LogP contribution in [0, 0.1) is 13.8 Å². The van der Waals surface area contributed by atoms with Gasteiger partial charge in [0, 0.05) is 29.2 Å². The minimum atomic E-state index is -0.105. The molecule has 0 spiro atoms. The summed E-state index contributed by atoms with van der Waals surface area (Å²) in [6.45, 7) is 10.3. The third kappa shape index (κ3) is 5.45. The van der Waals surface area contributed by atoms with Gasteiger partial charge in [-0.1, -0.05) is 6.92 Å². The molecule has 6 heteroatoms. The molecule has 2 aromatic rings. The highest BCUT2D eigenvalue weighted by Gasteiger charge is 2.21. The van der Waals surface area contributed by atoms with E-state index in [0.717, 1.165) is 46.3 Å². The van der Waals surface area contributed by atoms with E-state index in [1.807, 2.05) is 26.8 Å².